The van der Waals surface area contributed by atoms with E-state index in [-0.39, 0.29) is 17.7 Å². The molecule has 1 fully saturated rings. The molecule has 146 valence electrons. The highest BCUT2D eigenvalue weighted by Gasteiger charge is 2.26. The van der Waals surface area contributed by atoms with Crippen LogP contribution in [0.15, 0.2) is 11.1 Å². The molecule has 2 aliphatic heterocycles. The summed E-state index contributed by atoms with van der Waals surface area (Å²) < 4.78 is 7.35. The fourth-order valence-electron chi connectivity index (χ4n) is 3.81. The smallest absolute Gasteiger partial charge is 0.317 e. The number of ether oxygens (including phenoxy) is 1. The van der Waals surface area contributed by atoms with Crippen LogP contribution in [0, 0.1) is 0 Å². The number of thiophene rings is 1. The summed E-state index contributed by atoms with van der Waals surface area (Å²) in [4.78, 5) is 33.6. The Labute approximate surface area is 162 Å². The van der Waals surface area contributed by atoms with Gasteiger partial charge in [0.05, 0.1) is 30.9 Å². The Morgan fingerprint density at radius 3 is 3.15 bits per heavy atom. The number of hydrogen-bond donors (Lipinski definition) is 1. The maximum absolute atomic E-state index is 13.0. The van der Waals surface area contributed by atoms with Gasteiger partial charge in [-0.15, -0.1) is 11.3 Å². The van der Waals surface area contributed by atoms with Crippen molar-refractivity contribution < 1.29 is 9.53 Å². The molecule has 0 aliphatic carbocycles. The molecule has 7 nitrogen and oxygen atoms in total. The van der Waals surface area contributed by atoms with Gasteiger partial charge in [0.25, 0.3) is 5.56 Å². The van der Waals surface area contributed by atoms with Gasteiger partial charge in [0.2, 0.25) is 0 Å². The molecule has 2 aromatic rings. The number of urea groups is 1. The molecule has 1 saturated heterocycles. The van der Waals surface area contributed by atoms with E-state index < -0.39 is 0 Å². The van der Waals surface area contributed by atoms with E-state index in [1.807, 2.05) is 4.90 Å². The lowest BCUT2D eigenvalue weighted by atomic mass is 10.1. The van der Waals surface area contributed by atoms with E-state index in [4.69, 9.17) is 4.74 Å². The van der Waals surface area contributed by atoms with Gasteiger partial charge in [-0.3, -0.25) is 9.36 Å². The first kappa shape index (κ1) is 18.4. The summed E-state index contributed by atoms with van der Waals surface area (Å²) in [7, 11) is 0. The van der Waals surface area contributed by atoms with Crippen molar-refractivity contribution in [3.63, 3.8) is 0 Å². The Bertz CT molecular complexity index is 885. The molecule has 0 bridgehead atoms. The zero-order valence-electron chi connectivity index (χ0n) is 15.7. The van der Waals surface area contributed by atoms with Crippen molar-refractivity contribution in [3.05, 3.63) is 27.1 Å². The molecule has 0 saturated carbocycles. The summed E-state index contributed by atoms with van der Waals surface area (Å²) in [5.41, 5.74) is 1.10. The molecular weight excluding hydrogens is 364 g/mol. The van der Waals surface area contributed by atoms with Crippen molar-refractivity contribution in [2.45, 2.75) is 58.2 Å². The lowest BCUT2D eigenvalue weighted by molar-refractivity contribution is 0.0960. The molecule has 1 atom stereocenters. The third-order valence-electron chi connectivity index (χ3n) is 5.35. The quantitative estimate of drug-likeness (QED) is 0.796. The van der Waals surface area contributed by atoms with E-state index in [9.17, 15) is 9.59 Å². The predicted molar refractivity (Wildman–Crippen MR) is 105 cm³/mol. The van der Waals surface area contributed by atoms with Crippen LogP contribution in [0.2, 0.25) is 0 Å². The number of hydrogen-bond acceptors (Lipinski definition) is 5. The zero-order valence-corrected chi connectivity index (χ0v) is 16.5. The van der Waals surface area contributed by atoms with Gasteiger partial charge in [0.15, 0.2) is 0 Å². The van der Waals surface area contributed by atoms with Crippen LogP contribution in [0.4, 0.5) is 4.79 Å². The molecular formula is C19H26N4O3S. The molecule has 1 N–H and O–H groups in total. The normalized spacial score (nSPS) is 19.4. The van der Waals surface area contributed by atoms with E-state index in [0.717, 1.165) is 52.9 Å². The van der Waals surface area contributed by atoms with Crippen molar-refractivity contribution in [2.75, 3.05) is 19.7 Å². The highest BCUT2D eigenvalue weighted by Crippen LogP contribution is 2.32. The van der Waals surface area contributed by atoms with Gasteiger partial charge < -0.3 is 15.0 Å². The number of carbonyl (C=O) groups is 1. The van der Waals surface area contributed by atoms with Gasteiger partial charge in [-0.25, -0.2) is 9.78 Å². The lowest BCUT2D eigenvalue weighted by Crippen LogP contribution is -2.42. The van der Waals surface area contributed by atoms with Crippen LogP contribution in [-0.4, -0.2) is 46.3 Å². The van der Waals surface area contributed by atoms with Crippen LogP contribution in [0.1, 0.15) is 43.0 Å². The second kappa shape index (κ2) is 7.98. The van der Waals surface area contributed by atoms with Crippen molar-refractivity contribution in [1.82, 2.24) is 19.8 Å². The number of carbonyl (C=O) groups excluding carboxylic acids is 1. The number of unbranched alkanes of at least 4 members (excludes halogenated alkanes) is 1. The Balaban J connectivity index is 1.55. The lowest BCUT2D eigenvalue weighted by Gasteiger charge is -2.27. The van der Waals surface area contributed by atoms with E-state index in [2.05, 4.69) is 17.2 Å². The Morgan fingerprint density at radius 1 is 1.48 bits per heavy atom. The average Bonchev–Trinajstić information content (AvgIpc) is 3.31. The number of amides is 2. The molecule has 27 heavy (non-hydrogen) atoms. The molecule has 1 unspecified atom stereocenters. The monoisotopic (exact) mass is 390 g/mol. The largest absolute Gasteiger partial charge is 0.376 e. The first-order chi connectivity index (χ1) is 13.2. The Morgan fingerprint density at radius 2 is 2.37 bits per heavy atom. The van der Waals surface area contributed by atoms with Crippen molar-refractivity contribution in [1.29, 1.82) is 0 Å². The topological polar surface area (TPSA) is 76.5 Å². The van der Waals surface area contributed by atoms with Crippen LogP contribution in [0.25, 0.3) is 10.2 Å². The standard InChI is InChI=1S/C19H26N4O3S/c1-2-3-7-20-19(25)22-8-6-14-15(11-22)27-17-16(14)18(24)23(12-21-17)10-13-5-4-9-26-13/h12-13H,2-11H2,1H3,(H,20,25). The van der Waals surface area contributed by atoms with E-state index in [0.29, 0.717) is 32.6 Å². The molecule has 2 aromatic heterocycles. The highest BCUT2D eigenvalue weighted by atomic mass is 32.1. The van der Waals surface area contributed by atoms with Crippen LogP contribution < -0.4 is 10.9 Å². The molecule has 0 radical (unpaired) electrons. The van der Waals surface area contributed by atoms with Gasteiger partial charge >= 0.3 is 6.03 Å². The highest BCUT2D eigenvalue weighted by molar-refractivity contribution is 7.18. The minimum absolute atomic E-state index is 0.0182. The molecule has 0 aromatic carbocycles. The molecule has 4 rings (SSSR count). The maximum atomic E-state index is 13.0. The SMILES string of the molecule is CCCCNC(=O)N1CCc2c(sc3ncn(CC4CCCO4)c(=O)c23)C1. The second-order valence-corrected chi connectivity index (χ2v) is 8.36. The van der Waals surface area contributed by atoms with Gasteiger partial charge in [-0.1, -0.05) is 13.3 Å². The first-order valence-electron chi connectivity index (χ1n) is 9.81. The number of rotatable bonds is 5. The predicted octanol–water partition coefficient (Wildman–Crippen LogP) is 2.50. The molecule has 4 heterocycles. The molecule has 2 amide bonds. The fraction of sp³-hybridized carbons (Fsp3) is 0.632. The van der Waals surface area contributed by atoms with Gasteiger partial charge in [-0.2, -0.15) is 0 Å². The third kappa shape index (κ3) is 3.73. The van der Waals surface area contributed by atoms with Crippen LogP contribution in [0.3, 0.4) is 0 Å². The van der Waals surface area contributed by atoms with E-state index >= 15 is 0 Å². The van der Waals surface area contributed by atoms with Crippen LogP contribution in [0.5, 0.6) is 0 Å². The summed E-state index contributed by atoms with van der Waals surface area (Å²) in [6.07, 6.45) is 6.56. The van der Waals surface area contributed by atoms with Gasteiger partial charge in [0, 0.05) is 24.6 Å². The van der Waals surface area contributed by atoms with E-state index in [1.54, 1.807) is 10.9 Å². The minimum Gasteiger partial charge on any atom is -0.376 e. The second-order valence-electron chi connectivity index (χ2n) is 7.28. The minimum atomic E-state index is -0.0182. The number of nitrogens with zero attached hydrogens (tertiary/aromatic N) is 3. The van der Waals surface area contributed by atoms with E-state index in [1.165, 1.54) is 11.3 Å². The maximum Gasteiger partial charge on any atom is 0.317 e. The third-order valence-corrected chi connectivity index (χ3v) is 6.47. The van der Waals surface area contributed by atoms with Crippen molar-refractivity contribution >= 4 is 27.6 Å². The number of nitrogens with one attached hydrogen (secondary N) is 1. The summed E-state index contributed by atoms with van der Waals surface area (Å²) in [6.45, 7) is 5.35. The first-order valence-corrected chi connectivity index (χ1v) is 10.6. The number of aromatic nitrogens is 2. The van der Waals surface area contributed by atoms with Crippen molar-refractivity contribution in [2.24, 2.45) is 0 Å². The van der Waals surface area contributed by atoms with Crippen molar-refractivity contribution in [3.8, 4) is 0 Å². The summed E-state index contributed by atoms with van der Waals surface area (Å²) >= 11 is 1.54. The average molecular weight is 391 g/mol. The Kier molecular flexibility index (Phi) is 5.45. The molecule has 0 spiro atoms. The zero-order chi connectivity index (χ0) is 18.8. The molecule has 8 heteroatoms. The summed E-state index contributed by atoms with van der Waals surface area (Å²) in [5, 5.41) is 3.71. The summed E-state index contributed by atoms with van der Waals surface area (Å²) in [6, 6.07) is -0.0182. The number of fused-ring (bicyclic) bond motifs is 3. The molecule has 2 aliphatic rings. The fourth-order valence-corrected chi connectivity index (χ4v) is 5.01. The van der Waals surface area contributed by atoms with Crippen LogP contribution in [-0.2, 0) is 24.2 Å². The Hall–Kier alpha value is -1.93. The van der Waals surface area contributed by atoms with Crippen LogP contribution >= 0.6 is 11.3 Å². The van der Waals surface area contributed by atoms with Gasteiger partial charge in [0.1, 0.15) is 4.83 Å². The summed E-state index contributed by atoms with van der Waals surface area (Å²) in [5.74, 6) is 0. The van der Waals surface area contributed by atoms with Gasteiger partial charge in [-0.05, 0) is 31.2 Å².